The van der Waals surface area contributed by atoms with Gasteiger partial charge in [-0.1, -0.05) is 0 Å². The number of methoxy groups -OCH3 is 1. The number of fused-ring (bicyclic) bond motifs is 2. The first kappa shape index (κ1) is 21.2. The highest BCUT2D eigenvalue weighted by Gasteiger charge is 2.31. The molecule has 0 amide bonds. The number of ether oxygens (including phenoxy) is 2. The molecular formula is C24H25NO6S. The Bertz CT molecular complexity index is 1270. The number of aromatic nitrogens is 1. The van der Waals surface area contributed by atoms with Gasteiger partial charge in [0, 0.05) is 27.6 Å². The van der Waals surface area contributed by atoms with Gasteiger partial charge in [0.1, 0.15) is 11.7 Å². The third kappa shape index (κ3) is 3.34. The summed E-state index contributed by atoms with van der Waals surface area (Å²) in [6.07, 6.45) is 3.11. The predicted octanol–water partition coefficient (Wildman–Crippen LogP) is 3.59. The molecule has 32 heavy (non-hydrogen) atoms. The van der Waals surface area contributed by atoms with Crippen LogP contribution >= 0.6 is 11.3 Å². The van der Waals surface area contributed by atoms with Crippen LogP contribution in [0.1, 0.15) is 59.1 Å². The molecule has 3 aromatic rings. The van der Waals surface area contributed by atoms with E-state index in [-0.39, 0.29) is 23.6 Å². The Kier molecular flexibility index (Phi) is 5.31. The van der Waals surface area contributed by atoms with Crippen LogP contribution in [0.15, 0.2) is 29.2 Å². The van der Waals surface area contributed by atoms with Gasteiger partial charge in [-0.25, -0.2) is 4.79 Å². The van der Waals surface area contributed by atoms with Gasteiger partial charge in [0.05, 0.1) is 30.7 Å². The highest BCUT2D eigenvalue weighted by molar-refractivity contribution is 7.15. The molecule has 0 bridgehead atoms. The van der Waals surface area contributed by atoms with Gasteiger partial charge in [0.15, 0.2) is 5.75 Å². The van der Waals surface area contributed by atoms with Crippen molar-refractivity contribution < 1.29 is 24.5 Å². The van der Waals surface area contributed by atoms with Crippen LogP contribution in [-0.2, 0) is 11.2 Å². The van der Waals surface area contributed by atoms with Crippen molar-refractivity contribution in [3.8, 4) is 16.2 Å². The van der Waals surface area contributed by atoms with E-state index in [0.717, 1.165) is 33.7 Å². The molecule has 2 aliphatic rings. The summed E-state index contributed by atoms with van der Waals surface area (Å²) in [6.45, 7) is 1.91. The summed E-state index contributed by atoms with van der Waals surface area (Å²) in [7, 11) is 1.57. The number of carbonyl (C=O) groups excluding carboxylic acids is 1. The number of nitrogens with zero attached hydrogens (tertiary/aromatic N) is 1. The number of thiophene rings is 1. The molecule has 1 fully saturated rings. The first-order valence-corrected chi connectivity index (χ1v) is 11.7. The summed E-state index contributed by atoms with van der Waals surface area (Å²) >= 11 is 1.57. The molecule has 1 saturated carbocycles. The van der Waals surface area contributed by atoms with E-state index in [1.54, 1.807) is 37.6 Å². The van der Waals surface area contributed by atoms with Crippen molar-refractivity contribution in [3.05, 3.63) is 50.6 Å². The summed E-state index contributed by atoms with van der Waals surface area (Å²) in [5.41, 5.74) is 1.90. The number of hydrogen-bond donors (Lipinski definition) is 2. The largest absolute Gasteiger partial charge is 0.494 e. The van der Waals surface area contributed by atoms with Crippen LogP contribution in [-0.4, -0.2) is 40.6 Å². The average molecular weight is 456 g/mol. The Morgan fingerprint density at radius 1 is 1.25 bits per heavy atom. The van der Waals surface area contributed by atoms with Gasteiger partial charge in [-0.05, 0) is 56.4 Å². The lowest BCUT2D eigenvalue weighted by molar-refractivity contribution is 0.00727. The minimum Gasteiger partial charge on any atom is -0.494 e. The van der Waals surface area contributed by atoms with Gasteiger partial charge in [-0.2, -0.15) is 0 Å². The maximum atomic E-state index is 13.2. The molecule has 2 N–H and O–H groups in total. The van der Waals surface area contributed by atoms with Crippen molar-refractivity contribution in [1.82, 2.24) is 4.57 Å². The lowest BCUT2D eigenvalue weighted by Gasteiger charge is -2.23. The number of aliphatic hydroxyl groups is 2. The molecule has 0 spiro atoms. The zero-order valence-corrected chi connectivity index (χ0v) is 18.8. The molecule has 1 aromatic carbocycles. The van der Waals surface area contributed by atoms with Crippen molar-refractivity contribution in [2.45, 2.75) is 50.9 Å². The van der Waals surface area contributed by atoms with Crippen LogP contribution in [0, 0.1) is 0 Å². The standard InChI is InChI=1S/C24H25NO6S/c1-3-31-24(29)16-11-25(12-4-5-12)20-14(21(16)27)7-6-13(23(20)30-2)19-10-15-18(32-19)9-8-17(26)22(15)28/h6-7,10-12,17,22,26,28H,3-5,8-9H2,1-2H3. The maximum absolute atomic E-state index is 13.2. The fourth-order valence-electron chi connectivity index (χ4n) is 4.48. The molecule has 2 aromatic heterocycles. The van der Waals surface area contributed by atoms with Crippen LogP contribution in [0.5, 0.6) is 5.75 Å². The number of hydrogen-bond acceptors (Lipinski definition) is 7. The predicted molar refractivity (Wildman–Crippen MR) is 122 cm³/mol. The normalized spacial score (nSPS) is 20.2. The topological polar surface area (TPSA) is 98.0 Å². The number of aryl methyl sites for hydroxylation is 1. The van der Waals surface area contributed by atoms with E-state index >= 15 is 0 Å². The van der Waals surface area contributed by atoms with E-state index in [1.165, 1.54) is 0 Å². The SMILES string of the molecule is CCOC(=O)c1cn(C2CC2)c2c(OC)c(-c3cc4c(s3)CCC(O)C4O)ccc2c1=O. The highest BCUT2D eigenvalue weighted by Crippen LogP contribution is 2.46. The van der Waals surface area contributed by atoms with Gasteiger partial charge in [0.25, 0.3) is 0 Å². The molecule has 2 aliphatic carbocycles. The van der Waals surface area contributed by atoms with E-state index < -0.39 is 18.2 Å². The minimum absolute atomic E-state index is 0.0322. The van der Waals surface area contributed by atoms with Crippen molar-refractivity contribution in [1.29, 1.82) is 0 Å². The number of esters is 1. The minimum atomic E-state index is -0.896. The van der Waals surface area contributed by atoms with Crippen molar-refractivity contribution >= 4 is 28.2 Å². The summed E-state index contributed by atoms with van der Waals surface area (Å²) in [6, 6.07) is 5.67. The Hall–Kier alpha value is -2.68. The molecule has 168 valence electrons. The van der Waals surface area contributed by atoms with Gasteiger partial charge in [-0.3, -0.25) is 4.79 Å². The van der Waals surface area contributed by atoms with Crippen molar-refractivity contribution in [2.75, 3.05) is 13.7 Å². The smallest absolute Gasteiger partial charge is 0.343 e. The molecule has 5 rings (SSSR count). The molecule has 2 unspecified atom stereocenters. The van der Waals surface area contributed by atoms with Crippen LogP contribution in [0.3, 0.4) is 0 Å². The van der Waals surface area contributed by atoms with Crippen LogP contribution < -0.4 is 10.2 Å². The zero-order valence-electron chi connectivity index (χ0n) is 18.0. The van der Waals surface area contributed by atoms with E-state index in [0.29, 0.717) is 29.5 Å². The molecular weight excluding hydrogens is 430 g/mol. The fourth-order valence-corrected chi connectivity index (χ4v) is 5.72. The van der Waals surface area contributed by atoms with Crippen molar-refractivity contribution in [2.24, 2.45) is 0 Å². The Labute approximate surface area is 188 Å². The Morgan fingerprint density at radius 3 is 2.72 bits per heavy atom. The Morgan fingerprint density at radius 2 is 2.03 bits per heavy atom. The second-order valence-corrected chi connectivity index (χ2v) is 9.45. The molecule has 8 heteroatoms. The monoisotopic (exact) mass is 455 g/mol. The molecule has 2 heterocycles. The van der Waals surface area contributed by atoms with Crippen LogP contribution in [0.25, 0.3) is 21.3 Å². The Balaban J connectivity index is 1.73. The molecule has 2 atom stereocenters. The van der Waals surface area contributed by atoms with Crippen molar-refractivity contribution in [3.63, 3.8) is 0 Å². The first-order chi connectivity index (χ1) is 15.4. The zero-order chi connectivity index (χ0) is 22.6. The second kappa shape index (κ2) is 8.03. The third-order valence-electron chi connectivity index (χ3n) is 6.24. The van der Waals surface area contributed by atoms with E-state index in [4.69, 9.17) is 9.47 Å². The van der Waals surface area contributed by atoms with Crippen LogP contribution in [0.4, 0.5) is 0 Å². The number of pyridine rings is 1. The molecule has 7 nitrogen and oxygen atoms in total. The third-order valence-corrected chi connectivity index (χ3v) is 7.49. The highest BCUT2D eigenvalue weighted by atomic mass is 32.1. The van der Waals surface area contributed by atoms with Gasteiger partial charge >= 0.3 is 5.97 Å². The molecule has 0 radical (unpaired) electrons. The average Bonchev–Trinajstić information content (AvgIpc) is 3.54. The lowest BCUT2D eigenvalue weighted by Crippen LogP contribution is -2.23. The second-order valence-electron chi connectivity index (χ2n) is 8.31. The van der Waals surface area contributed by atoms with E-state index in [9.17, 15) is 19.8 Å². The fraction of sp³-hybridized carbons (Fsp3) is 0.417. The van der Waals surface area contributed by atoms with E-state index in [2.05, 4.69) is 0 Å². The quantitative estimate of drug-likeness (QED) is 0.571. The molecule has 0 saturated heterocycles. The number of carbonyl (C=O) groups is 1. The lowest BCUT2D eigenvalue weighted by atomic mass is 9.93. The van der Waals surface area contributed by atoms with Gasteiger partial charge < -0.3 is 24.3 Å². The summed E-state index contributed by atoms with van der Waals surface area (Å²) in [5.74, 6) is -0.0501. The first-order valence-electron chi connectivity index (χ1n) is 10.9. The summed E-state index contributed by atoms with van der Waals surface area (Å²) in [5, 5.41) is 20.9. The summed E-state index contributed by atoms with van der Waals surface area (Å²) < 4.78 is 12.9. The maximum Gasteiger partial charge on any atom is 0.343 e. The number of aliphatic hydroxyl groups excluding tert-OH is 2. The van der Waals surface area contributed by atoms with E-state index in [1.807, 2.05) is 16.7 Å². The van der Waals surface area contributed by atoms with Crippen LogP contribution in [0.2, 0.25) is 0 Å². The van der Waals surface area contributed by atoms with Gasteiger partial charge in [0.2, 0.25) is 5.43 Å². The summed E-state index contributed by atoms with van der Waals surface area (Å²) in [4.78, 5) is 27.5. The van der Waals surface area contributed by atoms with Gasteiger partial charge in [-0.15, -0.1) is 11.3 Å². The molecule has 0 aliphatic heterocycles. The number of rotatable bonds is 5. The number of benzene rings is 1.